The number of aromatic nitrogens is 2. The van der Waals surface area contributed by atoms with Crippen molar-refractivity contribution in [3.8, 4) is 56.2 Å². The molecule has 0 spiro atoms. The van der Waals surface area contributed by atoms with Crippen LogP contribution >= 0.6 is 0 Å². The minimum absolute atomic E-state index is 0.694. The van der Waals surface area contributed by atoms with E-state index in [1.54, 1.807) is 0 Å². The van der Waals surface area contributed by atoms with E-state index in [1.807, 2.05) is 0 Å². The third kappa shape index (κ3) is 5.12. The minimum Gasteiger partial charge on any atom is -0.228 e. The molecule has 0 aliphatic rings. The first-order chi connectivity index (χ1) is 28.7. The van der Waals surface area contributed by atoms with Crippen molar-refractivity contribution < 1.29 is 0 Å². The molecule has 12 aromatic rings. The summed E-state index contributed by atoms with van der Waals surface area (Å²) in [4.78, 5) is 10.8. The lowest BCUT2D eigenvalue weighted by Crippen LogP contribution is -1.97. The Balaban J connectivity index is 1.17. The molecule has 2 nitrogen and oxygen atoms in total. The zero-order valence-electron chi connectivity index (χ0n) is 31.5. The van der Waals surface area contributed by atoms with Crippen molar-refractivity contribution in [2.75, 3.05) is 0 Å². The molecular formula is C56H34N2. The minimum atomic E-state index is 0.694. The fourth-order valence-electron chi connectivity index (χ4n) is 9.31. The van der Waals surface area contributed by atoms with Gasteiger partial charge >= 0.3 is 0 Å². The summed E-state index contributed by atoms with van der Waals surface area (Å²) < 4.78 is 0. The largest absolute Gasteiger partial charge is 0.228 e. The molecule has 0 saturated carbocycles. The summed E-state index contributed by atoms with van der Waals surface area (Å²) >= 11 is 0. The monoisotopic (exact) mass is 734 g/mol. The molecule has 2 heteroatoms. The van der Waals surface area contributed by atoms with Gasteiger partial charge in [-0.1, -0.05) is 188 Å². The van der Waals surface area contributed by atoms with Gasteiger partial charge in [0, 0.05) is 16.7 Å². The number of hydrogen-bond donors (Lipinski definition) is 0. The molecule has 268 valence electrons. The Morgan fingerprint density at radius 3 is 1.33 bits per heavy atom. The highest BCUT2D eigenvalue weighted by Crippen LogP contribution is 2.45. The number of hydrogen-bond acceptors (Lipinski definition) is 2. The zero-order valence-corrected chi connectivity index (χ0v) is 31.5. The fraction of sp³-hybridized carbons (Fsp3) is 0. The van der Waals surface area contributed by atoms with Gasteiger partial charge in [0.05, 0.1) is 11.4 Å². The van der Waals surface area contributed by atoms with E-state index >= 15 is 0 Å². The Hall–Kier alpha value is -7.68. The van der Waals surface area contributed by atoms with E-state index in [2.05, 4.69) is 206 Å². The number of benzene rings is 10. The second-order valence-corrected chi connectivity index (χ2v) is 15.3. The van der Waals surface area contributed by atoms with Crippen LogP contribution in [-0.2, 0) is 0 Å². The number of fused-ring (bicyclic) bond motifs is 2. The van der Waals surface area contributed by atoms with Gasteiger partial charge in [0.2, 0.25) is 0 Å². The van der Waals surface area contributed by atoms with Gasteiger partial charge < -0.3 is 0 Å². The number of nitrogens with zero attached hydrogens (tertiary/aromatic N) is 2. The Labute approximate surface area is 335 Å². The summed E-state index contributed by atoms with van der Waals surface area (Å²) in [6.07, 6.45) is 0. The summed E-state index contributed by atoms with van der Waals surface area (Å²) in [5.41, 5.74) is 9.50. The lowest BCUT2D eigenvalue weighted by molar-refractivity contribution is 1.18. The molecule has 0 bridgehead atoms. The molecule has 0 unspecified atom stereocenters. The second kappa shape index (κ2) is 12.9. The first-order valence-electron chi connectivity index (χ1n) is 19.9. The molecule has 1 aromatic heterocycles. The lowest BCUT2D eigenvalue weighted by atomic mass is 9.87. The fourth-order valence-corrected chi connectivity index (χ4v) is 9.31. The van der Waals surface area contributed by atoms with Gasteiger partial charge in [-0.05, 0) is 105 Å². The topological polar surface area (TPSA) is 25.8 Å². The summed E-state index contributed by atoms with van der Waals surface area (Å²) in [5, 5.41) is 15.1. The molecule has 0 saturated heterocycles. The maximum atomic E-state index is 5.42. The van der Waals surface area contributed by atoms with Crippen LogP contribution in [0.3, 0.4) is 0 Å². The van der Waals surface area contributed by atoms with E-state index in [0.717, 1.165) is 44.8 Å². The van der Waals surface area contributed by atoms with Crippen molar-refractivity contribution in [2.45, 2.75) is 0 Å². The average Bonchev–Trinajstić information content (AvgIpc) is 3.30. The van der Waals surface area contributed by atoms with Gasteiger partial charge in [-0.25, -0.2) is 9.97 Å². The molecule has 0 N–H and O–H groups in total. The second-order valence-electron chi connectivity index (χ2n) is 15.3. The van der Waals surface area contributed by atoms with E-state index < -0.39 is 0 Å². The summed E-state index contributed by atoms with van der Waals surface area (Å²) in [6, 6.07) is 74.6. The van der Waals surface area contributed by atoms with Gasteiger partial charge in [-0.2, -0.15) is 0 Å². The van der Waals surface area contributed by atoms with Crippen LogP contribution in [0.15, 0.2) is 206 Å². The van der Waals surface area contributed by atoms with Crippen molar-refractivity contribution in [2.24, 2.45) is 0 Å². The van der Waals surface area contributed by atoms with Crippen LogP contribution in [0.5, 0.6) is 0 Å². The van der Waals surface area contributed by atoms with Crippen LogP contribution in [-0.4, -0.2) is 9.97 Å². The summed E-state index contributed by atoms with van der Waals surface area (Å²) in [6.45, 7) is 0. The SMILES string of the molecule is c1ccc(-c2ccc(-c3nc(-c4cc5ccc6cccc7c8cccc9ccc%10cccc(c(c4)c5c67)c%10c98)cc(-c4ccccc4-c4ccccc4)n3)cc2)cc1. The third-order valence-corrected chi connectivity index (χ3v) is 12.0. The van der Waals surface area contributed by atoms with Crippen LogP contribution in [0.25, 0.3) is 121 Å². The van der Waals surface area contributed by atoms with E-state index in [1.165, 1.54) is 70.2 Å². The van der Waals surface area contributed by atoms with Crippen LogP contribution < -0.4 is 0 Å². The predicted octanol–water partition coefficient (Wildman–Crippen LogP) is 15.2. The molecular weight excluding hydrogens is 701 g/mol. The van der Waals surface area contributed by atoms with Gasteiger partial charge in [0.25, 0.3) is 0 Å². The van der Waals surface area contributed by atoms with Crippen LogP contribution in [0.1, 0.15) is 0 Å². The molecule has 0 amide bonds. The van der Waals surface area contributed by atoms with Crippen molar-refractivity contribution in [1.29, 1.82) is 0 Å². The highest BCUT2D eigenvalue weighted by molar-refractivity contribution is 6.37. The third-order valence-electron chi connectivity index (χ3n) is 12.0. The smallest absolute Gasteiger partial charge is 0.160 e. The Morgan fingerprint density at radius 2 is 0.707 bits per heavy atom. The Kier molecular flexibility index (Phi) is 7.26. The van der Waals surface area contributed by atoms with Gasteiger partial charge in [0.15, 0.2) is 5.82 Å². The Morgan fingerprint density at radius 1 is 0.241 bits per heavy atom. The van der Waals surface area contributed by atoms with Crippen LogP contribution in [0.4, 0.5) is 0 Å². The lowest BCUT2D eigenvalue weighted by Gasteiger charge is -2.17. The van der Waals surface area contributed by atoms with Crippen molar-refractivity contribution in [3.63, 3.8) is 0 Å². The van der Waals surface area contributed by atoms with Crippen LogP contribution in [0, 0.1) is 0 Å². The molecule has 0 atom stereocenters. The molecule has 12 rings (SSSR count). The number of rotatable bonds is 5. The summed E-state index contributed by atoms with van der Waals surface area (Å²) in [7, 11) is 0. The molecule has 11 aromatic carbocycles. The normalized spacial score (nSPS) is 11.8. The molecule has 0 fully saturated rings. The maximum Gasteiger partial charge on any atom is 0.160 e. The van der Waals surface area contributed by atoms with Gasteiger partial charge in [-0.15, -0.1) is 0 Å². The first-order valence-corrected chi connectivity index (χ1v) is 19.9. The first kappa shape index (κ1) is 32.6. The molecule has 0 radical (unpaired) electrons. The van der Waals surface area contributed by atoms with E-state index in [9.17, 15) is 0 Å². The average molecular weight is 735 g/mol. The van der Waals surface area contributed by atoms with Crippen LogP contribution in [0.2, 0.25) is 0 Å². The van der Waals surface area contributed by atoms with Gasteiger partial charge in [-0.3, -0.25) is 0 Å². The highest BCUT2D eigenvalue weighted by Gasteiger charge is 2.19. The zero-order chi connectivity index (χ0) is 38.2. The highest BCUT2D eigenvalue weighted by atomic mass is 14.9. The van der Waals surface area contributed by atoms with Crippen molar-refractivity contribution >= 4 is 64.6 Å². The van der Waals surface area contributed by atoms with Crippen molar-refractivity contribution in [3.05, 3.63) is 206 Å². The Bertz CT molecular complexity index is 3530. The summed E-state index contributed by atoms with van der Waals surface area (Å²) in [5.74, 6) is 0.694. The molecule has 0 aliphatic carbocycles. The van der Waals surface area contributed by atoms with E-state index in [-0.39, 0.29) is 0 Å². The molecule has 0 aliphatic heterocycles. The van der Waals surface area contributed by atoms with Crippen molar-refractivity contribution in [1.82, 2.24) is 9.97 Å². The molecule has 1 heterocycles. The van der Waals surface area contributed by atoms with Gasteiger partial charge in [0.1, 0.15) is 0 Å². The van der Waals surface area contributed by atoms with E-state index in [0.29, 0.717) is 5.82 Å². The van der Waals surface area contributed by atoms with E-state index in [4.69, 9.17) is 9.97 Å². The predicted molar refractivity (Wildman–Crippen MR) is 245 cm³/mol. The quantitative estimate of drug-likeness (QED) is 0.165. The maximum absolute atomic E-state index is 5.42. The molecule has 58 heavy (non-hydrogen) atoms. The standard InChI is InChI=1S/C56H34N2/c1-3-12-35(13-4-1)36-24-29-41(30-25-36)56-57-50(34-51(58-56)45-20-8-7-19-44(45)37-14-5-2-6-15-37)43-32-42-31-28-40-17-10-22-47-46-21-9-16-38-26-27-39-18-11-23-48(54(39)52(38)46)49(33-43)55(42)53(40)47/h1-34H.